The van der Waals surface area contributed by atoms with E-state index in [1.54, 1.807) is 36.1 Å². The highest BCUT2D eigenvalue weighted by molar-refractivity contribution is 6.12. The number of piperidine rings is 1. The summed E-state index contributed by atoms with van der Waals surface area (Å²) in [5, 5.41) is 3.48. The summed E-state index contributed by atoms with van der Waals surface area (Å²) in [6.07, 6.45) is 2.44. The highest BCUT2D eigenvalue weighted by atomic mass is 19.1. The number of rotatable bonds is 3. The zero-order valence-electron chi connectivity index (χ0n) is 15.5. The second-order valence-corrected chi connectivity index (χ2v) is 6.98. The van der Waals surface area contributed by atoms with E-state index in [1.165, 1.54) is 12.1 Å². The van der Waals surface area contributed by atoms with Crippen molar-refractivity contribution in [3.63, 3.8) is 0 Å². The Labute approximate surface area is 162 Å². The molecular formula is C22H20FN3O2. The molecule has 1 saturated heterocycles. The number of aromatic nitrogens is 1. The lowest BCUT2D eigenvalue weighted by molar-refractivity contribution is -0.119. The molecule has 1 N–H and O–H groups in total. The molecular weight excluding hydrogens is 357 g/mol. The fraction of sp³-hybridized carbons (Fsp3) is 0.227. The molecule has 0 unspecified atom stereocenters. The fourth-order valence-corrected chi connectivity index (χ4v) is 3.55. The molecule has 2 amide bonds. The maximum Gasteiger partial charge on any atom is 0.256 e. The Morgan fingerprint density at radius 1 is 1.14 bits per heavy atom. The minimum absolute atomic E-state index is 0.104. The van der Waals surface area contributed by atoms with Gasteiger partial charge >= 0.3 is 0 Å². The SMILES string of the molecule is Cc1cc(C(=O)Nc2cccc(N3CCCCC3=O)c2)c2ccc(F)cc2n1. The predicted molar refractivity (Wildman–Crippen MR) is 107 cm³/mol. The average Bonchev–Trinajstić information content (AvgIpc) is 2.67. The zero-order chi connectivity index (χ0) is 19.7. The monoisotopic (exact) mass is 377 g/mol. The van der Waals surface area contributed by atoms with Gasteiger partial charge in [-0.05, 0) is 56.2 Å². The molecule has 28 heavy (non-hydrogen) atoms. The Hall–Kier alpha value is -3.28. The number of amides is 2. The Balaban J connectivity index is 1.63. The second-order valence-electron chi connectivity index (χ2n) is 6.98. The standard InChI is InChI=1S/C22H20FN3O2/c1-14-11-19(18-9-8-15(23)12-20(18)24-14)22(28)25-16-5-4-6-17(13-16)26-10-3-2-7-21(26)27/h4-6,8-9,11-13H,2-3,7,10H2,1H3,(H,25,28). The van der Waals surface area contributed by atoms with Crippen LogP contribution in [0.25, 0.3) is 10.9 Å². The highest BCUT2D eigenvalue weighted by Crippen LogP contribution is 2.25. The van der Waals surface area contributed by atoms with Gasteiger partial charge in [-0.3, -0.25) is 14.6 Å². The molecule has 0 aliphatic carbocycles. The van der Waals surface area contributed by atoms with Gasteiger partial charge in [0.25, 0.3) is 5.91 Å². The molecule has 4 rings (SSSR count). The molecule has 6 heteroatoms. The van der Waals surface area contributed by atoms with Crippen molar-refractivity contribution in [2.24, 2.45) is 0 Å². The first-order chi connectivity index (χ1) is 13.5. The first kappa shape index (κ1) is 18.1. The molecule has 1 fully saturated rings. The van der Waals surface area contributed by atoms with E-state index in [1.807, 2.05) is 12.1 Å². The molecule has 1 aliphatic heterocycles. The van der Waals surface area contributed by atoms with Crippen molar-refractivity contribution in [3.8, 4) is 0 Å². The maximum atomic E-state index is 13.5. The van der Waals surface area contributed by atoms with E-state index >= 15 is 0 Å². The topological polar surface area (TPSA) is 62.3 Å². The second kappa shape index (κ2) is 7.38. The van der Waals surface area contributed by atoms with E-state index in [0.717, 1.165) is 18.5 Å². The summed E-state index contributed by atoms with van der Waals surface area (Å²) in [4.78, 5) is 31.1. The van der Waals surface area contributed by atoms with Gasteiger partial charge < -0.3 is 10.2 Å². The number of hydrogen-bond acceptors (Lipinski definition) is 3. The van der Waals surface area contributed by atoms with Crippen LogP contribution in [0.4, 0.5) is 15.8 Å². The number of nitrogens with zero attached hydrogens (tertiary/aromatic N) is 2. The molecule has 0 spiro atoms. The lowest BCUT2D eigenvalue weighted by Gasteiger charge is -2.27. The van der Waals surface area contributed by atoms with Crippen LogP contribution < -0.4 is 10.2 Å². The number of halogens is 1. The van der Waals surface area contributed by atoms with Gasteiger partial charge in [0.2, 0.25) is 5.91 Å². The first-order valence-corrected chi connectivity index (χ1v) is 9.30. The quantitative estimate of drug-likeness (QED) is 0.733. The van der Waals surface area contributed by atoms with Crippen LogP contribution in [0.1, 0.15) is 35.3 Å². The van der Waals surface area contributed by atoms with Crippen molar-refractivity contribution in [3.05, 3.63) is 65.6 Å². The van der Waals surface area contributed by atoms with Crippen LogP contribution in [-0.2, 0) is 4.79 Å². The van der Waals surface area contributed by atoms with Gasteiger partial charge in [0, 0.05) is 41.5 Å². The summed E-state index contributed by atoms with van der Waals surface area (Å²) in [6, 6.07) is 13.2. The number of hydrogen-bond donors (Lipinski definition) is 1. The molecule has 0 bridgehead atoms. The molecule has 5 nitrogen and oxygen atoms in total. The summed E-state index contributed by atoms with van der Waals surface area (Å²) in [5.74, 6) is -0.590. The van der Waals surface area contributed by atoms with Gasteiger partial charge in [0.05, 0.1) is 11.1 Å². The van der Waals surface area contributed by atoms with E-state index < -0.39 is 5.82 Å². The fourth-order valence-electron chi connectivity index (χ4n) is 3.55. The Morgan fingerprint density at radius 3 is 2.82 bits per heavy atom. The van der Waals surface area contributed by atoms with E-state index in [9.17, 15) is 14.0 Å². The number of aryl methyl sites for hydroxylation is 1. The van der Waals surface area contributed by atoms with Crippen LogP contribution in [0.2, 0.25) is 0 Å². The molecule has 0 saturated carbocycles. The molecule has 3 aromatic rings. The van der Waals surface area contributed by atoms with Gasteiger partial charge in [-0.1, -0.05) is 6.07 Å². The number of benzene rings is 2. The maximum absolute atomic E-state index is 13.5. The highest BCUT2D eigenvalue weighted by Gasteiger charge is 2.20. The summed E-state index contributed by atoms with van der Waals surface area (Å²) in [5.41, 5.74) is 2.89. The van der Waals surface area contributed by atoms with Crippen LogP contribution in [0.15, 0.2) is 48.5 Å². The zero-order valence-corrected chi connectivity index (χ0v) is 15.5. The third-order valence-corrected chi connectivity index (χ3v) is 4.88. The third-order valence-electron chi connectivity index (χ3n) is 4.88. The van der Waals surface area contributed by atoms with E-state index in [4.69, 9.17) is 0 Å². The van der Waals surface area contributed by atoms with Crippen molar-refractivity contribution < 1.29 is 14.0 Å². The molecule has 1 aromatic heterocycles. The largest absolute Gasteiger partial charge is 0.322 e. The van der Waals surface area contributed by atoms with Crippen molar-refractivity contribution in [1.29, 1.82) is 0 Å². The molecule has 0 radical (unpaired) electrons. The molecule has 0 atom stereocenters. The van der Waals surface area contributed by atoms with Crippen LogP contribution in [0.5, 0.6) is 0 Å². The van der Waals surface area contributed by atoms with E-state index in [0.29, 0.717) is 40.8 Å². The van der Waals surface area contributed by atoms with Gasteiger partial charge in [-0.25, -0.2) is 4.39 Å². The minimum atomic E-state index is -0.393. The number of carbonyl (C=O) groups is 2. The van der Waals surface area contributed by atoms with E-state index in [2.05, 4.69) is 10.3 Å². The number of fused-ring (bicyclic) bond motifs is 1. The minimum Gasteiger partial charge on any atom is -0.322 e. The van der Waals surface area contributed by atoms with Crippen molar-refractivity contribution in [1.82, 2.24) is 4.98 Å². The number of pyridine rings is 1. The van der Waals surface area contributed by atoms with Crippen molar-refractivity contribution >= 4 is 34.1 Å². The Kier molecular flexibility index (Phi) is 4.77. The Bertz CT molecular complexity index is 1080. The van der Waals surface area contributed by atoms with Crippen LogP contribution in [-0.4, -0.2) is 23.3 Å². The van der Waals surface area contributed by atoms with E-state index in [-0.39, 0.29) is 11.8 Å². The average molecular weight is 377 g/mol. The number of nitrogens with one attached hydrogen (secondary N) is 1. The summed E-state index contributed by atoms with van der Waals surface area (Å²) in [7, 11) is 0. The van der Waals surface area contributed by atoms with Gasteiger partial charge in [-0.15, -0.1) is 0 Å². The first-order valence-electron chi connectivity index (χ1n) is 9.30. The summed E-state index contributed by atoms with van der Waals surface area (Å²) in [6.45, 7) is 2.46. The molecule has 142 valence electrons. The number of carbonyl (C=O) groups excluding carboxylic acids is 2. The third kappa shape index (κ3) is 3.58. The van der Waals surface area contributed by atoms with Crippen molar-refractivity contribution in [2.75, 3.05) is 16.8 Å². The van der Waals surface area contributed by atoms with Crippen LogP contribution in [0, 0.1) is 12.7 Å². The van der Waals surface area contributed by atoms with Gasteiger partial charge in [0.1, 0.15) is 5.82 Å². The molecule has 2 aromatic carbocycles. The van der Waals surface area contributed by atoms with Gasteiger partial charge in [-0.2, -0.15) is 0 Å². The van der Waals surface area contributed by atoms with Crippen LogP contribution in [0.3, 0.4) is 0 Å². The normalized spacial score (nSPS) is 14.4. The van der Waals surface area contributed by atoms with Gasteiger partial charge in [0.15, 0.2) is 0 Å². The number of anilines is 2. The molecule has 2 heterocycles. The van der Waals surface area contributed by atoms with Crippen LogP contribution >= 0.6 is 0 Å². The molecule has 1 aliphatic rings. The van der Waals surface area contributed by atoms with Crippen molar-refractivity contribution in [2.45, 2.75) is 26.2 Å². The smallest absolute Gasteiger partial charge is 0.256 e. The lowest BCUT2D eigenvalue weighted by atomic mass is 10.1. The summed E-state index contributed by atoms with van der Waals surface area (Å²) < 4.78 is 13.5. The summed E-state index contributed by atoms with van der Waals surface area (Å²) >= 11 is 0. The lowest BCUT2D eigenvalue weighted by Crippen LogP contribution is -2.35. The predicted octanol–water partition coefficient (Wildman–Crippen LogP) is 4.45. The Morgan fingerprint density at radius 2 is 2.00 bits per heavy atom.